The van der Waals surface area contributed by atoms with Gasteiger partial charge in [0.1, 0.15) is 0 Å². The highest BCUT2D eigenvalue weighted by atomic mass is 14.6. The molecule has 0 aromatic heterocycles. The molecule has 0 spiro atoms. The predicted molar refractivity (Wildman–Crippen MR) is 86.9 cm³/mol. The molecular formula is C19H25N. The van der Waals surface area contributed by atoms with Gasteiger partial charge in [-0.1, -0.05) is 56.3 Å². The van der Waals surface area contributed by atoms with Crippen molar-refractivity contribution in [1.29, 1.82) is 0 Å². The molecule has 1 heteroatoms. The second-order valence-electron chi connectivity index (χ2n) is 7.12. The van der Waals surface area contributed by atoms with Crippen molar-refractivity contribution in [2.24, 2.45) is 17.1 Å². The van der Waals surface area contributed by atoms with Gasteiger partial charge in [-0.05, 0) is 59.4 Å². The van der Waals surface area contributed by atoms with E-state index in [-0.39, 0.29) is 0 Å². The molecule has 1 nitrogen and oxygen atoms in total. The van der Waals surface area contributed by atoms with Gasteiger partial charge >= 0.3 is 0 Å². The molecule has 0 heterocycles. The number of hydrogen-bond donors (Lipinski definition) is 1. The van der Waals surface area contributed by atoms with Crippen LogP contribution >= 0.6 is 0 Å². The summed E-state index contributed by atoms with van der Waals surface area (Å²) >= 11 is 0. The summed E-state index contributed by atoms with van der Waals surface area (Å²) in [6.07, 6.45) is 3.83. The van der Waals surface area contributed by atoms with Crippen molar-refractivity contribution >= 4 is 10.8 Å². The van der Waals surface area contributed by atoms with Crippen LogP contribution in [0.15, 0.2) is 42.5 Å². The average molecular weight is 267 g/mol. The van der Waals surface area contributed by atoms with Crippen molar-refractivity contribution in [3.05, 3.63) is 48.0 Å². The molecular weight excluding hydrogens is 242 g/mol. The molecule has 2 unspecified atom stereocenters. The van der Waals surface area contributed by atoms with E-state index in [1.807, 2.05) is 0 Å². The summed E-state index contributed by atoms with van der Waals surface area (Å²) in [5.41, 5.74) is 7.96. The van der Waals surface area contributed by atoms with Crippen molar-refractivity contribution in [1.82, 2.24) is 0 Å². The highest BCUT2D eigenvalue weighted by molar-refractivity contribution is 5.83. The third-order valence-electron chi connectivity index (χ3n) is 5.04. The summed E-state index contributed by atoms with van der Waals surface area (Å²) < 4.78 is 0. The molecule has 2 aromatic rings. The number of benzene rings is 2. The van der Waals surface area contributed by atoms with Crippen LogP contribution in [0.5, 0.6) is 0 Å². The van der Waals surface area contributed by atoms with Crippen LogP contribution in [0.25, 0.3) is 10.8 Å². The van der Waals surface area contributed by atoms with Crippen molar-refractivity contribution in [2.75, 3.05) is 6.54 Å². The first-order valence-corrected chi connectivity index (χ1v) is 7.78. The van der Waals surface area contributed by atoms with Gasteiger partial charge in [0.25, 0.3) is 0 Å². The lowest BCUT2D eigenvalue weighted by Gasteiger charge is -2.41. The minimum Gasteiger partial charge on any atom is -0.330 e. The maximum atomic E-state index is 6.03. The molecule has 0 amide bonds. The number of fused-ring (bicyclic) bond motifs is 1. The fourth-order valence-electron chi connectivity index (χ4n) is 3.75. The number of rotatable bonds is 2. The van der Waals surface area contributed by atoms with Gasteiger partial charge in [-0.3, -0.25) is 0 Å². The molecule has 2 N–H and O–H groups in total. The van der Waals surface area contributed by atoms with Crippen LogP contribution in [0.1, 0.15) is 44.6 Å². The quantitative estimate of drug-likeness (QED) is 0.838. The van der Waals surface area contributed by atoms with Crippen LogP contribution in [0.2, 0.25) is 0 Å². The molecule has 0 bridgehead atoms. The van der Waals surface area contributed by atoms with E-state index in [1.165, 1.54) is 35.6 Å². The van der Waals surface area contributed by atoms with E-state index in [9.17, 15) is 0 Å². The second-order valence-corrected chi connectivity index (χ2v) is 7.12. The van der Waals surface area contributed by atoms with E-state index < -0.39 is 0 Å². The van der Waals surface area contributed by atoms with Gasteiger partial charge < -0.3 is 5.73 Å². The Morgan fingerprint density at radius 2 is 1.85 bits per heavy atom. The standard InChI is InChI=1S/C19H25N/c1-19(2)10-9-17(13-20)18(12-19)16-8-7-14-5-3-4-6-15(14)11-16/h3-8,11,17-18H,9-10,12-13,20H2,1-2H3. The van der Waals surface area contributed by atoms with Crippen LogP contribution in [0, 0.1) is 11.3 Å². The monoisotopic (exact) mass is 267 g/mol. The first kappa shape index (κ1) is 13.6. The van der Waals surface area contributed by atoms with E-state index >= 15 is 0 Å². The van der Waals surface area contributed by atoms with Gasteiger partial charge in [-0.15, -0.1) is 0 Å². The third kappa shape index (κ3) is 2.60. The molecule has 1 saturated carbocycles. The Balaban J connectivity index is 1.98. The van der Waals surface area contributed by atoms with Gasteiger partial charge in [0.15, 0.2) is 0 Å². The summed E-state index contributed by atoms with van der Waals surface area (Å²) in [6, 6.07) is 15.6. The van der Waals surface area contributed by atoms with Crippen LogP contribution < -0.4 is 5.73 Å². The molecule has 0 radical (unpaired) electrons. The molecule has 1 aliphatic rings. The molecule has 106 valence electrons. The number of hydrogen-bond acceptors (Lipinski definition) is 1. The molecule has 1 fully saturated rings. The fraction of sp³-hybridized carbons (Fsp3) is 0.474. The fourth-order valence-corrected chi connectivity index (χ4v) is 3.75. The molecule has 3 rings (SSSR count). The Morgan fingerprint density at radius 1 is 1.10 bits per heavy atom. The average Bonchev–Trinajstić information content (AvgIpc) is 2.46. The molecule has 2 aromatic carbocycles. The maximum Gasteiger partial charge on any atom is -0.00430 e. The molecule has 20 heavy (non-hydrogen) atoms. The van der Waals surface area contributed by atoms with Gasteiger partial charge in [0.2, 0.25) is 0 Å². The van der Waals surface area contributed by atoms with Gasteiger partial charge in [0, 0.05) is 0 Å². The minimum atomic E-state index is 0.446. The Labute approximate surface area is 122 Å². The van der Waals surface area contributed by atoms with Crippen molar-refractivity contribution in [3.63, 3.8) is 0 Å². The lowest BCUT2D eigenvalue weighted by Crippen LogP contribution is -2.32. The normalized spacial score (nSPS) is 25.8. The maximum absolute atomic E-state index is 6.03. The zero-order chi connectivity index (χ0) is 14.2. The smallest absolute Gasteiger partial charge is 0.00430 e. The van der Waals surface area contributed by atoms with E-state index in [4.69, 9.17) is 5.73 Å². The first-order valence-electron chi connectivity index (χ1n) is 7.78. The summed E-state index contributed by atoms with van der Waals surface area (Å²) in [5.74, 6) is 1.26. The van der Waals surface area contributed by atoms with Gasteiger partial charge in [-0.25, -0.2) is 0 Å². The minimum absolute atomic E-state index is 0.446. The van der Waals surface area contributed by atoms with E-state index in [0.29, 0.717) is 17.3 Å². The first-order chi connectivity index (χ1) is 9.59. The van der Waals surface area contributed by atoms with Crippen molar-refractivity contribution < 1.29 is 0 Å². The molecule has 0 aliphatic heterocycles. The molecule has 1 aliphatic carbocycles. The SMILES string of the molecule is CC1(C)CCC(CN)C(c2ccc3ccccc3c2)C1. The summed E-state index contributed by atoms with van der Waals surface area (Å²) in [7, 11) is 0. The summed E-state index contributed by atoms with van der Waals surface area (Å²) in [6.45, 7) is 5.61. The Hall–Kier alpha value is -1.34. The van der Waals surface area contributed by atoms with E-state index in [0.717, 1.165) is 6.54 Å². The second kappa shape index (κ2) is 5.21. The largest absolute Gasteiger partial charge is 0.330 e. The third-order valence-corrected chi connectivity index (χ3v) is 5.04. The van der Waals surface area contributed by atoms with Gasteiger partial charge in [0.05, 0.1) is 0 Å². The Bertz CT molecular complexity index is 599. The van der Waals surface area contributed by atoms with Crippen molar-refractivity contribution in [2.45, 2.75) is 39.0 Å². The Kier molecular flexibility index (Phi) is 3.55. The summed E-state index contributed by atoms with van der Waals surface area (Å²) in [5, 5.41) is 2.68. The van der Waals surface area contributed by atoms with Crippen LogP contribution in [-0.2, 0) is 0 Å². The molecule has 2 atom stereocenters. The van der Waals surface area contributed by atoms with E-state index in [2.05, 4.69) is 56.3 Å². The molecule has 0 saturated heterocycles. The number of nitrogens with two attached hydrogens (primary N) is 1. The van der Waals surface area contributed by atoms with Crippen LogP contribution in [0.4, 0.5) is 0 Å². The zero-order valence-electron chi connectivity index (χ0n) is 12.6. The topological polar surface area (TPSA) is 26.0 Å². The zero-order valence-corrected chi connectivity index (χ0v) is 12.6. The van der Waals surface area contributed by atoms with Crippen LogP contribution in [-0.4, -0.2) is 6.54 Å². The Morgan fingerprint density at radius 3 is 2.60 bits per heavy atom. The highest BCUT2D eigenvalue weighted by Crippen LogP contribution is 2.46. The van der Waals surface area contributed by atoms with Crippen molar-refractivity contribution in [3.8, 4) is 0 Å². The van der Waals surface area contributed by atoms with E-state index in [1.54, 1.807) is 0 Å². The highest BCUT2D eigenvalue weighted by Gasteiger charge is 2.34. The lowest BCUT2D eigenvalue weighted by atomic mass is 9.65. The predicted octanol–water partition coefficient (Wildman–Crippen LogP) is 4.71. The van der Waals surface area contributed by atoms with Crippen LogP contribution in [0.3, 0.4) is 0 Å². The summed E-state index contributed by atoms with van der Waals surface area (Å²) in [4.78, 5) is 0. The van der Waals surface area contributed by atoms with Gasteiger partial charge in [-0.2, -0.15) is 0 Å². The lowest BCUT2D eigenvalue weighted by molar-refractivity contribution is 0.166.